The maximum absolute atomic E-state index is 12.0. The number of esters is 1. The number of urea groups is 1. The molecule has 0 saturated heterocycles. The SMILES string of the molecule is CN1C(=O)NC(c2ccc3c(c2)OCO3)C2=C1COC2=O. The van der Waals surface area contributed by atoms with Gasteiger partial charge >= 0.3 is 12.0 Å². The summed E-state index contributed by atoms with van der Waals surface area (Å²) in [5.41, 5.74) is 1.83. The number of carbonyl (C=O) groups is 2. The van der Waals surface area contributed by atoms with E-state index in [-0.39, 0.29) is 19.4 Å². The molecule has 1 aromatic rings. The number of carbonyl (C=O) groups excluding carboxylic acids is 2. The van der Waals surface area contributed by atoms with E-state index in [9.17, 15) is 9.59 Å². The molecule has 0 bridgehead atoms. The van der Waals surface area contributed by atoms with Crippen LogP contribution in [0.2, 0.25) is 0 Å². The fraction of sp³-hybridized carbons (Fsp3) is 0.286. The Kier molecular flexibility index (Phi) is 2.38. The van der Waals surface area contributed by atoms with Gasteiger partial charge in [0.2, 0.25) is 6.79 Å². The Hall–Kier alpha value is -2.70. The minimum absolute atomic E-state index is 0.124. The standard InChI is InChI=1S/C14H12N2O5/c1-16-8-5-19-13(17)11(8)12(15-14(16)18)7-2-3-9-10(4-7)21-6-20-9/h2-4,12H,5-6H2,1H3,(H,15,18). The third-order valence-corrected chi connectivity index (χ3v) is 3.87. The molecular formula is C14H12N2O5. The van der Waals surface area contributed by atoms with E-state index in [0.29, 0.717) is 22.8 Å². The lowest BCUT2D eigenvalue weighted by Gasteiger charge is -2.30. The number of nitrogens with zero attached hydrogens (tertiary/aromatic N) is 1. The zero-order valence-electron chi connectivity index (χ0n) is 11.2. The highest BCUT2D eigenvalue weighted by atomic mass is 16.7. The van der Waals surface area contributed by atoms with Crippen LogP contribution in [0.5, 0.6) is 11.5 Å². The maximum Gasteiger partial charge on any atom is 0.338 e. The molecule has 2 amide bonds. The van der Waals surface area contributed by atoms with E-state index in [2.05, 4.69) is 5.32 Å². The molecule has 0 saturated carbocycles. The summed E-state index contributed by atoms with van der Waals surface area (Å²) < 4.78 is 15.7. The molecule has 7 nitrogen and oxygen atoms in total. The molecule has 0 radical (unpaired) electrons. The molecule has 3 aliphatic rings. The van der Waals surface area contributed by atoms with Crippen molar-refractivity contribution in [3.63, 3.8) is 0 Å². The van der Waals surface area contributed by atoms with Crippen molar-refractivity contribution in [2.45, 2.75) is 6.04 Å². The van der Waals surface area contributed by atoms with Gasteiger partial charge in [-0.15, -0.1) is 0 Å². The first kappa shape index (κ1) is 12.1. The number of hydrogen-bond acceptors (Lipinski definition) is 5. The summed E-state index contributed by atoms with van der Waals surface area (Å²) in [4.78, 5) is 25.4. The van der Waals surface area contributed by atoms with Gasteiger partial charge in [-0.05, 0) is 17.7 Å². The van der Waals surface area contributed by atoms with Crippen LogP contribution in [0.3, 0.4) is 0 Å². The quantitative estimate of drug-likeness (QED) is 0.778. The molecule has 1 unspecified atom stereocenters. The lowest BCUT2D eigenvalue weighted by molar-refractivity contribution is -0.136. The van der Waals surface area contributed by atoms with Crippen molar-refractivity contribution < 1.29 is 23.8 Å². The number of rotatable bonds is 1. The van der Waals surface area contributed by atoms with Crippen LogP contribution >= 0.6 is 0 Å². The van der Waals surface area contributed by atoms with E-state index in [4.69, 9.17) is 14.2 Å². The summed E-state index contributed by atoms with van der Waals surface area (Å²) in [5.74, 6) is 0.856. The van der Waals surface area contributed by atoms with Gasteiger partial charge in [-0.3, -0.25) is 4.90 Å². The lowest BCUT2D eigenvalue weighted by Crippen LogP contribution is -2.45. The van der Waals surface area contributed by atoms with Crippen LogP contribution in [0.25, 0.3) is 0 Å². The van der Waals surface area contributed by atoms with Gasteiger partial charge in [0.1, 0.15) is 6.61 Å². The molecular weight excluding hydrogens is 276 g/mol. The van der Waals surface area contributed by atoms with E-state index >= 15 is 0 Å². The van der Waals surface area contributed by atoms with Crippen LogP contribution in [0.4, 0.5) is 4.79 Å². The summed E-state index contributed by atoms with van der Waals surface area (Å²) in [6, 6.07) is 4.54. The number of cyclic esters (lactones) is 1. The van der Waals surface area contributed by atoms with Crippen molar-refractivity contribution in [1.29, 1.82) is 0 Å². The van der Waals surface area contributed by atoms with Gasteiger partial charge < -0.3 is 19.5 Å². The number of hydrogen-bond donors (Lipinski definition) is 1. The van der Waals surface area contributed by atoms with Crippen molar-refractivity contribution in [2.24, 2.45) is 0 Å². The molecule has 0 aliphatic carbocycles. The van der Waals surface area contributed by atoms with E-state index in [0.717, 1.165) is 5.56 Å². The zero-order chi connectivity index (χ0) is 14.6. The summed E-state index contributed by atoms with van der Waals surface area (Å²) in [7, 11) is 1.61. The average molecular weight is 288 g/mol. The summed E-state index contributed by atoms with van der Waals surface area (Å²) in [6.45, 7) is 0.299. The topological polar surface area (TPSA) is 77.1 Å². The molecule has 7 heteroatoms. The number of likely N-dealkylation sites (N-methyl/N-ethyl adjacent to an activating group) is 1. The Bertz CT molecular complexity index is 697. The van der Waals surface area contributed by atoms with E-state index < -0.39 is 12.0 Å². The Labute approximate surface area is 120 Å². The maximum atomic E-state index is 12.0. The van der Waals surface area contributed by atoms with Crippen molar-refractivity contribution in [2.75, 3.05) is 20.4 Å². The van der Waals surface area contributed by atoms with Crippen molar-refractivity contribution in [3.05, 3.63) is 35.0 Å². The fourth-order valence-electron chi connectivity index (χ4n) is 2.73. The number of amides is 2. The first-order valence-corrected chi connectivity index (χ1v) is 6.49. The second-order valence-corrected chi connectivity index (χ2v) is 4.99. The average Bonchev–Trinajstić information content (AvgIpc) is 3.09. The summed E-state index contributed by atoms with van der Waals surface area (Å²) >= 11 is 0. The van der Waals surface area contributed by atoms with Gasteiger partial charge in [0.25, 0.3) is 0 Å². The van der Waals surface area contributed by atoms with Gasteiger partial charge in [-0.25, -0.2) is 9.59 Å². The second kappa shape index (κ2) is 4.15. The van der Waals surface area contributed by atoms with E-state index in [1.54, 1.807) is 25.2 Å². The van der Waals surface area contributed by atoms with Crippen LogP contribution in [-0.2, 0) is 9.53 Å². The van der Waals surface area contributed by atoms with Crippen LogP contribution in [0, 0.1) is 0 Å². The monoisotopic (exact) mass is 288 g/mol. The third kappa shape index (κ3) is 1.67. The van der Waals surface area contributed by atoms with Gasteiger partial charge in [0.15, 0.2) is 11.5 Å². The minimum atomic E-state index is -0.534. The van der Waals surface area contributed by atoms with Crippen LogP contribution in [0.15, 0.2) is 29.5 Å². The first-order valence-electron chi connectivity index (χ1n) is 6.49. The molecule has 3 aliphatic heterocycles. The van der Waals surface area contributed by atoms with E-state index in [1.165, 1.54) is 4.90 Å². The Morgan fingerprint density at radius 2 is 2.00 bits per heavy atom. The van der Waals surface area contributed by atoms with E-state index in [1.807, 2.05) is 0 Å². The normalized spacial score (nSPS) is 23.1. The molecule has 0 aromatic heterocycles. The molecule has 4 rings (SSSR count). The van der Waals surface area contributed by atoms with Crippen molar-refractivity contribution >= 4 is 12.0 Å². The Morgan fingerprint density at radius 3 is 2.86 bits per heavy atom. The molecule has 1 aromatic carbocycles. The Balaban J connectivity index is 1.80. The number of benzene rings is 1. The predicted octanol–water partition coefficient (Wildman–Crippen LogP) is 0.922. The highest BCUT2D eigenvalue weighted by Gasteiger charge is 2.41. The van der Waals surface area contributed by atoms with Crippen molar-refractivity contribution in [3.8, 4) is 11.5 Å². The van der Waals surface area contributed by atoms with Gasteiger partial charge in [-0.1, -0.05) is 6.07 Å². The number of nitrogens with one attached hydrogen (secondary N) is 1. The molecule has 0 fully saturated rings. The molecule has 21 heavy (non-hydrogen) atoms. The largest absolute Gasteiger partial charge is 0.456 e. The molecule has 1 atom stereocenters. The molecule has 108 valence electrons. The van der Waals surface area contributed by atoms with Gasteiger partial charge in [0, 0.05) is 7.05 Å². The van der Waals surface area contributed by atoms with Gasteiger partial charge in [-0.2, -0.15) is 0 Å². The molecule has 1 N–H and O–H groups in total. The van der Waals surface area contributed by atoms with Gasteiger partial charge in [0.05, 0.1) is 17.3 Å². The first-order chi connectivity index (χ1) is 10.1. The smallest absolute Gasteiger partial charge is 0.338 e. The lowest BCUT2D eigenvalue weighted by atomic mass is 9.95. The zero-order valence-corrected chi connectivity index (χ0v) is 11.2. The highest BCUT2D eigenvalue weighted by molar-refractivity contribution is 5.97. The van der Waals surface area contributed by atoms with Crippen molar-refractivity contribution in [1.82, 2.24) is 10.2 Å². The summed E-state index contributed by atoms with van der Waals surface area (Å²) in [6.07, 6.45) is 0. The molecule has 0 spiro atoms. The molecule has 3 heterocycles. The number of fused-ring (bicyclic) bond motifs is 1. The second-order valence-electron chi connectivity index (χ2n) is 4.99. The minimum Gasteiger partial charge on any atom is -0.456 e. The third-order valence-electron chi connectivity index (χ3n) is 3.87. The van der Waals surface area contributed by atoms with Crippen LogP contribution in [0.1, 0.15) is 11.6 Å². The number of ether oxygens (including phenoxy) is 3. The van der Waals surface area contributed by atoms with Crippen LogP contribution in [-0.4, -0.2) is 37.3 Å². The fourth-order valence-corrected chi connectivity index (χ4v) is 2.73. The van der Waals surface area contributed by atoms with Crippen LogP contribution < -0.4 is 14.8 Å². The summed E-state index contributed by atoms with van der Waals surface area (Å²) in [5, 5.41) is 2.81. The predicted molar refractivity (Wildman–Crippen MR) is 69.6 cm³/mol. The Morgan fingerprint density at radius 1 is 1.19 bits per heavy atom. The highest BCUT2D eigenvalue weighted by Crippen LogP contribution is 2.39.